The number of fused-ring (bicyclic) bond motifs is 1. The molecule has 1 saturated heterocycles. The van der Waals surface area contributed by atoms with Gasteiger partial charge in [0.15, 0.2) is 0 Å². The topological polar surface area (TPSA) is 49.0 Å². The first-order valence-electron chi connectivity index (χ1n) is 5.62. The van der Waals surface area contributed by atoms with Gasteiger partial charge in [-0.3, -0.25) is 9.89 Å². The Kier molecular flexibility index (Phi) is 2.55. The van der Waals surface area contributed by atoms with Gasteiger partial charge in [0.25, 0.3) is 0 Å². The van der Waals surface area contributed by atoms with Crippen molar-refractivity contribution >= 4 is 35.1 Å². The maximum absolute atomic E-state index is 11.9. The molecular weight excluding hydrogens is 234 g/mol. The first kappa shape index (κ1) is 10.7. The van der Waals surface area contributed by atoms with Gasteiger partial charge in [-0.2, -0.15) is 17.7 Å². The van der Waals surface area contributed by atoms with Crippen molar-refractivity contribution in [2.45, 2.75) is 6.42 Å². The van der Waals surface area contributed by atoms with Gasteiger partial charge in [-0.05, 0) is 29.9 Å². The number of carbonyl (C=O) groups is 1. The highest BCUT2D eigenvalue weighted by Gasteiger charge is 2.29. The Balaban J connectivity index is 1.95. The highest BCUT2D eigenvalue weighted by atomic mass is 32.1. The first-order chi connectivity index (χ1) is 8.28. The van der Waals surface area contributed by atoms with Crippen molar-refractivity contribution in [3.05, 3.63) is 24.4 Å². The Bertz CT molecular complexity index is 566. The molecule has 1 atom stereocenters. The molecule has 1 N–H and O–H groups in total. The normalized spacial score (nSPS) is 20.4. The summed E-state index contributed by atoms with van der Waals surface area (Å²) >= 11 is 4.26. The number of aromatic amines is 1. The second-order valence-electron chi connectivity index (χ2n) is 4.40. The molecule has 0 aliphatic carbocycles. The predicted molar refractivity (Wildman–Crippen MR) is 70.4 cm³/mol. The van der Waals surface area contributed by atoms with Gasteiger partial charge in [0.1, 0.15) is 0 Å². The van der Waals surface area contributed by atoms with Crippen LogP contribution in [0.5, 0.6) is 0 Å². The van der Waals surface area contributed by atoms with Gasteiger partial charge in [-0.15, -0.1) is 0 Å². The molecule has 1 amide bonds. The third-order valence-corrected chi connectivity index (χ3v) is 3.72. The number of carbonyl (C=O) groups excluding carboxylic acids is 1. The number of hydrogen-bond acceptors (Lipinski definition) is 3. The van der Waals surface area contributed by atoms with E-state index in [0.717, 1.165) is 28.9 Å². The third-order valence-electron chi connectivity index (χ3n) is 3.20. The lowest BCUT2D eigenvalue weighted by atomic mass is 10.1. The van der Waals surface area contributed by atoms with Gasteiger partial charge < -0.3 is 4.90 Å². The van der Waals surface area contributed by atoms with E-state index in [-0.39, 0.29) is 5.91 Å². The number of amides is 1. The Hall–Kier alpha value is -1.49. The van der Waals surface area contributed by atoms with Gasteiger partial charge in [-0.1, -0.05) is 0 Å². The van der Waals surface area contributed by atoms with Crippen LogP contribution < -0.4 is 4.90 Å². The van der Waals surface area contributed by atoms with E-state index in [1.165, 1.54) is 0 Å². The molecule has 0 bridgehead atoms. The van der Waals surface area contributed by atoms with Crippen LogP contribution in [0.2, 0.25) is 0 Å². The van der Waals surface area contributed by atoms with E-state index >= 15 is 0 Å². The van der Waals surface area contributed by atoms with E-state index in [1.807, 2.05) is 23.1 Å². The number of anilines is 1. The number of nitrogens with zero attached hydrogens (tertiary/aromatic N) is 2. The van der Waals surface area contributed by atoms with Crippen LogP contribution in [-0.4, -0.2) is 28.4 Å². The summed E-state index contributed by atoms with van der Waals surface area (Å²) in [7, 11) is 0. The summed E-state index contributed by atoms with van der Waals surface area (Å²) in [5.41, 5.74) is 1.90. The fourth-order valence-corrected chi connectivity index (χ4v) is 2.49. The molecule has 2 aromatic rings. The molecule has 1 aromatic carbocycles. The number of thiol groups is 1. The fraction of sp³-hybridized carbons (Fsp3) is 0.333. The van der Waals surface area contributed by atoms with Crippen molar-refractivity contribution in [3.8, 4) is 0 Å². The zero-order valence-corrected chi connectivity index (χ0v) is 10.2. The summed E-state index contributed by atoms with van der Waals surface area (Å²) in [6.45, 7) is 0.766. The molecule has 88 valence electrons. The van der Waals surface area contributed by atoms with Gasteiger partial charge in [-0.25, -0.2) is 0 Å². The van der Waals surface area contributed by atoms with Crippen LogP contribution in [0.3, 0.4) is 0 Å². The van der Waals surface area contributed by atoms with Crippen molar-refractivity contribution in [2.75, 3.05) is 17.2 Å². The molecule has 1 fully saturated rings. The van der Waals surface area contributed by atoms with E-state index < -0.39 is 0 Å². The van der Waals surface area contributed by atoms with Crippen LogP contribution >= 0.6 is 12.6 Å². The van der Waals surface area contributed by atoms with Gasteiger partial charge in [0, 0.05) is 24.0 Å². The maximum Gasteiger partial charge on any atom is 0.227 e. The lowest BCUT2D eigenvalue weighted by Gasteiger charge is -2.16. The summed E-state index contributed by atoms with van der Waals surface area (Å²) < 4.78 is 0. The minimum Gasteiger partial charge on any atom is -0.312 e. The molecule has 1 aliphatic rings. The van der Waals surface area contributed by atoms with Gasteiger partial charge >= 0.3 is 0 Å². The van der Waals surface area contributed by atoms with Crippen LogP contribution in [0.1, 0.15) is 6.42 Å². The SMILES string of the molecule is O=C1CC(CS)CN1c1ccc2cn[nH]c2c1. The number of hydrogen-bond donors (Lipinski definition) is 2. The van der Waals surface area contributed by atoms with Crippen molar-refractivity contribution in [3.63, 3.8) is 0 Å². The minimum atomic E-state index is 0.183. The second kappa shape index (κ2) is 4.07. The zero-order chi connectivity index (χ0) is 11.8. The molecular formula is C12H13N3OS. The van der Waals surface area contributed by atoms with Crippen molar-refractivity contribution < 1.29 is 4.79 Å². The van der Waals surface area contributed by atoms with E-state index in [2.05, 4.69) is 22.8 Å². The van der Waals surface area contributed by atoms with E-state index in [0.29, 0.717) is 12.3 Å². The predicted octanol–water partition coefficient (Wildman–Crippen LogP) is 1.85. The fourth-order valence-electron chi connectivity index (χ4n) is 2.25. The van der Waals surface area contributed by atoms with Crippen LogP contribution in [0.15, 0.2) is 24.4 Å². The monoisotopic (exact) mass is 247 g/mol. The second-order valence-corrected chi connectivity index (χ2v) is 4.76. The summed E-state index contributed by atoms with van der Waals surface area (Å²) in [6.07, 6.45) is 2.38. The summed E-state index contributed by atoms with van der Waals surface area (Å²) in [4.78, 5) is 13.7. The number of benzene rings is 1. The maximum atomic E-state index is 11.9. The molecule has 3 rings (SSSR count). The molecule has 5 heteroatoms. The molecule has 1 unspecified atom stereocenters. The van der Waals surface area contributed by atoms with Crippen LogP contribution in [-0.2, 0) is 4.79 Å². The number of rotatable bonds is 2. The number of aromatic nitrogens is 2. The molecule has 0 saturated carbocycles. The Morgan fingerprint density at radius 3 is 3.18 bits per heavy atom. The van der Waals surface area contributed by atoms with Crippen LogP contribution in [0, 0.1) is 5.92 Å². The highest BCUT2D eigenvalue weighted by Crippen LogP contribution is 2.27. The average molecular weight is 247 g/mol. The minimum absolute atomic E-state index is 0.183. The number of nitrogens with one attached hydrogen (secondary N) is 1. The van der Waals surface area contributed by atoms with Crippen molar-refractivity contribution in [2.24, 2.45) is 5.92 Å². The summed E-state index contributed by atoms with van der Waals surface area (Å²) in [5.74, 6) is 1.31. The summed E-state index contributed by atoms with van der Waals surface area (Å²) in [5, 5.41) is 7.96. The van der Waals surface area contributed by atoms with Crippen molar-refractivity contribution in [1.82, 2.24) is 10.2 Å². The standard InChI is InChI=1S/C12H13N3OS/c16-12-3-8(7-17)6-15(12)10-2-1-9-5-13-14-11(9)4-10/h1-2,4-5,8,17H,3,6-7H2,(H,13,14). The van der Waals surface area contributed by atoms with E-state index in [9.17, 15) is 4.79 Å². The smallest absolute Gasteiger partial charge is 0.227 e. The lowest BCUT2D eigenvalue weighted by Crippen LogP contribution is -2.24. The quantitative estimate of drug-likeness (QED) is 0.796. The van der Waals surface area contributed by atoms with Gasteiger partial charge in [0.05, 0.1) is 11.7 Å². The van der Waals surface area contributed by atoms with E-state index in [1.54, 1.807) is 6.20 Å². The molecule has 1 aliphatic heterocycles. The van der Waals surface area contributed by atoms with Crippen molar-refractivity contribution in [1.29, 1.82) is 0 Å². The molecule has 0 spiro atoms. The molecule has 1 aromatic heterocycles. The average Bonchev–Trinajstić information content (AvgIpc) is 2.93. The van der Waals surface area contributed by atoms with Crippen LogP contribution in [0.4, 0.5) is 5.69 Å². The lowest BCUT2D eigenvalue weighted by molar-refractivity contribution is -0.117. The Morgan fingerprint density at radius 2 is 2.41 bits per heavy atom. The number of H-pyrrole nitrogens is 1. The molecule has 0 radical (unpaired) electrons. The van der Waals surface area contributed by atoms with Gasteiger partial charge in [0.2, 0.25) is 5.91 Å². The Labute approximate surface area is 104 Å². The van der Waals surface area contributed by atoms with E-state index in [4.69, 9.17) is 0 Å². The summed E-state index contributed by atoms with van der Waals surface area (Å²) in [6, 6.07) is 5.92. The molecule has 2 heterocycles. The highest BCUT2D eigenvalue weighted by molar-refractivity contribution is 7.80. The molecule has 17 heavy (non-hydrogen) atoms. The zero-order valence-electron chi connectivity index (χ0n) is 9.26. The molecule has 4 nitrogen and oxygen atoms in total. The Morgan fingerprint density at radius 1 is 1.53 bits per heavy atom. The largest absolute Gasteiger partial charge is 0.312 e. The first-order valence-corrected chi connectivity index (χ1v) is 6.25. The third kappa shape index (κ3) is 1.80. The van der Waals surface area contributed by atoms with Crippen LogP contribution in [0.25, 0.3) is 10.9 Å².